The molecule has 0 fully saturated rings. The lowest BCUT2D eigenvalue weighted by atomic mass is 9.79. The number of hydrogen-bond acceptors (Lipinski definition) is 4. The van der Waals surface area contributed by atoms with E-state index in [2.05, 4.69) is 5.32 Å². The van der Waals surface area contributed by atoms with Crippen molar-refractivity contribution < 1.29 is 19.8 Å². The number of ketones is 1. The number of carbonyl (C=O) groups is 2. The molecule has 0 spiro atoms. The van der Waals surface area contributed by atoms with Crippen molar-refractivity contribution in [1.29, 1.82) is 0 Å². The summed E-state index contributed by atoms with van der Waals surface area (Å²) in [5, 5.41) is 20.1. The number of nitrogens with one attached hydrogen (secondary N) is 1. The van der Waals surface area contributed by atoms with Crippen molar-refractivity contribution in [2.45, 2.75) is 46.1 Å². The predicted octanol–water partition coefficient (Wildman–Crippen LogP) is 0.241. The number of Topliss-reactive ketones (excluding diaryl/α,β-unsaturated/α-hetero) is 1. The van der Waals surface area contributed by atoms with Gasteiger partial charge in [0.1, 0.15) is 5.78 Å². The van der Waals surface area contributed by atoms with Gasteiger partial charge in [-0.2, -0.15) is 0 Å². The molecule has 17 heavy (non-hydrogen) atoms. The van der Waals surface area contributed by atoms with E-state index >= 15 is 0 Å². The molecule has 0 aliphatic rings. The Morgan fingerprint density at radius 2 is 1.94 bits per heavy atom. The molecule has 0 aliphatic carbocycles. The van der Waals surface area contributed by atoms with Crippen LogP contribution in [0.2, 0.25) is 0 Å². The fourth-order valence-electron chi connectivity index (χ4n) is 1.69. The third-order valence-corrected chi connectivity index (χ3v) is 3.10. The quantitative estimate of drug-likeness (QED) is 0.572. The number of carbonyl (C=O) groups excluding carboxylic acids is 2. The molecule has 5 heteroatoms. The molecule has 1 amide bonds. The summed E-state index contributed by atoms with van der Waals surface area (Å²) in [6, 6.07) is 0. The van der Waals surface area contributed by atoms with Crippen LogP contribution in [0.4, 0.5) is 0 Å². The van der Waals surface area contributed by atoms with Crippen LogP contribution < -0.4 is 5.32 Å². The van der Waals surface area contributed by atoms with Crippen LogP contribution in [-0.2, 0) is 9.59 Å². The minimum Gasteiger partial charge on any atom is -0.393 e. The molecular formula is C12H23NO4. The summed E-state index contributed by atoms with van der Waals surface area (Å²) in [4.78, 5) is 22.7. The van der Waals surface area contributed by atoms with Crippen molar-refractivity contribution in [3.05, 3.63) is 0 Å². The summed E-state index contributed by atoms with van der Waals surface area (Å²) in [6.45, 7) is 5.18. The van der Waals surface area contributed by atoms with Crippen molar-refractivity contribution in [3.63, 3.8) is 0 Å². The van der Waals surface area contributed by atoms with E-state index in [0.717, 1.165) is 12.8 Å². The van der Waals surface area contributed by atoms with Gasteiger partial charge in [0.25, 0.3) is 5.91 Å². The highest BCUT2D eigenvalue weighted by Gasteiger charge is 2.28. The molecule has 0 bridgehead atoms. The Balaban J connectivity index is 4.16. The van der Waals surface area contributed by atoms with Gasteiger partial charge in [-0.3, -0.25) is 9.59 Å². The molecule has 0 aromatic rings. The van der Waals surface area contributed by atoms with Crippen molar-refractivity contribution >= 4 is 11.7 Å². The average Bonchev–Trinajstić information content (AvgIpc) is 2.27. The van der Waals surface area contributed by atoms with Crippen molar-refractivity contribution in [2.75, 3.05) is 13.2 Å². The lowest BCUT2D eigenvalue weighted by Gasteiger charge is -2.26. The van der Waals surface area contributed by atoms with E-state index in [0.29, 0.717) is 13.0 Å². The standard InChI is InChI=1S/C12H23NO4/c1-4-5-12(3,9(2)15)6-7-13-11(17)10(16)8-14/h10,14,16H,4-8H2,1-3H3,(H,13,17). The Hall–Kier alpha value is -0.940. The number of hydrogen-bond donors (Lipinski definition) is 3. The molecule has 0 rings (SSSR count). The predicted molar refractivity (Wildman–Crippen MR) is 64.4 cm³/mol. The van der Waals surface area contributed by atoms with Gasteiger partial charge < -0.3 is 15.5 Å². The minimum absolute atomic E-state index is 0.108. The summed E-state index contributed by atoms with van der Waals surface area (Å²) >= 11 is 0. The van der Waals surface area contributed by atoms with Gasteiger partial charge in [0.05, 0.1) is 6.61 Å². The summed E-state index contributed by atoms with van der Waals surface area (Å²) in [6.07, 6.45) is 0.842. The number of amides is 1. The molecule has 0 radical (unpaired) electrons. The summed E-state index contributed by atoms with van der Waals surface area (Å²) in [7, 11) is 0. The lowest BCUT2D eigenvalue weighted by Crippen LogP contribution is -2.39. The smallest absolute Gasteiger partial charge is 0.251 e. The molecule has 0 aliphatic heterocycles. The Kier molecular flexibility index (Phi) is 6.99. The average molecular weight is 245 g/mol. The molecule has 3 N–H and O–H groups in total. The Morgan fingerprint density at radius 3 is 2.35 bits per heavy atom. The SMILES string of the molecule is CCCC(C)(CCNC(=O)C(O)CO)C(C)=O. The molecule has 5 nitrogen and oxygen atoms in total. The van der Waals surface area contributed by atoms with Gasteiger partial charge in [-0.05, 0) is 19.8 Å². The van der Waals surface area contributed by atoms with Gasteiger partial charge in [0.2, 0.25) is 0 Å². The first-order valence-corrected chi connectivity index (χ1v) is 5.95. The van der Waals surface area contributed by atoms with Gasteiger partial charge >= 0.3 is 0 Å². The van der Waals surface area contributed by atoms with E-state index in [4.69, 9.17) is 10.2 Å². The zero-order chi connectivity index (χ0) is 13.5. The lowest BCUT2D eigenvalue weighted by molar-refractivity contribution is -0.132. The Labute approximate surface area is 102 Å². The molecule has 2 atom stereocenters. The van der Waals surface area contributed by atoms with E-state index in [9.17, 15) is 9.59 Å². The van der Waals surface area contributed by atoms with E-state index in [1.165, 1.54) is 0 Å². The number of rotatable bonds is 8. The third kappa shape index (κ3) is 5.28. The molecule has 100 valence electrons. The molecule has 0 heterocycles. The van der Waals surface area contributed by atoms with Crippen molar-refractivity contribution in [3.8, 4) is 0 Å². The van der Waals surface area contributed by atoms with Crippen molar-refractivity contribution in [1.82, 2.24) is 5.32 Å². The molecule has 0 saturated carbocycles. The van der Waals surface area contributed by atoms with Crippen LogP contribution in [0.5, 0.6) is 0 Å². The van der Waals surface area contributed by atoms with Crippen molar-refractivity contribution in [2.24, 2.45) is 5.41 Å². The van der Waals surface area contributed by atoms with E-state index in [1.54, 1.807) is 6.92 Å². The molecule has 0 aromatic heterocycles. The zero-order valence-electron chi connectivity index (χ0n) is 10.8. The van der Waals surface area contributed by atoms with E-state index in [-0.39, 0.29) is 5.78 Å². The highest BCUT2D eigenvalue weighted by atomic mass is 16.3. The largest absolute Gasteiger partial charge is 0.393 e. The second-order valence-corrected chi connectivity index (χ2v) is 4.61. The summed E-state index contributed by atoms with van der Waals surface area (Å²) in [5.41, 5.74) is -0.424. The maximum atomic E-state index is 11.5. The number of aliphatic hydroxyl groups excluding tert-OH is 2. The van der Waals surface area contributed by atoms with Gasteiger partial charge in [0, 0.05) is 12.0 Å². The van der Waals surface area contributed by atoms with Crippen LogP contribution in [-0.4, -0.2) is 41.2 Å². The zero-order valence-corrected chi connectivity index (χ0v) is 10.8. The van der Waals surface area contributed by atoms with Crippen LogP contribution in [0.1, 0.15) is 40.0 Å². The van der Waals surface area contributed by atoms with Gasteiger partial charge in [-0.15, -0.1) is 0 Å². The summed E-state index contributed by atoms with van der Waals surface area (Å²) < 4.78 is 0. The maximum Gasteiger partial charge on any atom is 0.251 e. The molecule has 2 unspecified atom stereocenters. The highest BCUT2D eigenvalue weighted by molar-refractivity contribution is 5.82. The van der Waals surface area contributed by atoms with Crippen LogP contribution in [0.15, 0.2) is 0 Å². The van der Waals surface area contributed by atoms with E-state index in [1.807, 2.05) is 13.8 Å². The van der Waals surface area contributed by atoms with Gasteiger partial charge in [-0.25, -0.2) is 0 Å². The van der Waals surface area contributed by atoms with E-state index < -0.39 is 24.0 Å². The fraction of sp³-hybridized carbons (Fsp3) is 0.833. The van der Waals surface area contributed by atoms with Crippen LogP contribution >= 0.6 is 0 Å². The first-order chi connectivity index (χ1) is 7.87. The maximum absolute atomic E-state index is 11.5. The fourth-order valence-corrected chi connectivity index (χ4v) is 1.69. The Bertz CT molecular complexity index is 267. The van der Waals surface area contributed by atoms with Gasteiger partial charge in [0.15, 0.2) is 6.10 Å². The molecular weight excluding hydrogens is 222 g/mol. The first kappa shape index (κ1) is 16.1. The topological polar surface area (TPSA) is 86.6 Å². The van der Waals surface area contributed by atoms with Crippen LogP contribution in [0.3, 0.4) is 0 Å². The Morgan fingerprint density at radius 1 is 1.35 bits per heavy atom. The second-order valence-electron chi connectivity index (χ2n) is 4.61. The summed E-state index contributed by atoms with van der Waals surface area (Å²) in [5.74, 6) is -0.494. The minimum atomic E-state index is -1.38. The second kappa shape index (κ2) is 7.40. The molecule has 0 saturated heterocycles. The van der Waals surface area contributed by atoms with Gasteiger partial charge in [-0.1, -0.05) is 20.3 Å². The number of aliphatic hydroxyl groups is 2. The van der Waals surface area contributed by atoms with Crippen LogP contribution in [0.25, 0.3) is 0 Å². The third-order valence-electron chi connectivity index (χ3n) is 3.10. The first-order valence-electron chi connectivity index (χ1n) is 5.95. The van der Waals surface area contributed by atoms with Crippen LogP contribution in [0, 0.1) is 5.41 Å². The monoisotopic (exact) mass is 245 g/mol. The highest BCUT2D eigenvalue weighted by Crippen LogP contribution is 2.28. The normalized spacial score (nSPS) is 16.1. The molecule has 0 aromatic carbocycles.